The largest absolute Gasteiger partial charge is 0.384 e. The summed E-state index contributed by atoms with van der Waals surface area (Å²) in [6, 6.07) is 6.71. The first-order chi connectivity index (χ1) is 8.35. The van der Waals surface area contributed by atoms with E-state index in [0.29, 0.717) is 0 Å². The molecule has 1 aromatic carbocycles. The molecule has 0 saturated heterocycles. The second kappa shape index (κ2) is 6.09. The van der Waals surface area contributed by atoms with Gasteiger partial charge >= 0.3 is 0 Å². The quantitative estimate of drug-likeness (QED) is 0.791. The van der Waals surface area contributed by atoms with Gasteiger partial charge in [-0.2, -0.15) is 0 Å². The fourth-order valence-corrected chi connectivity index (χ4v) is 2.93. The molecule has 1 aromatic rings. The SMILES string of the molecule is CCc1cccc(CC)c1NCC1CCCC1. The molecule has 0 bridgehead atoms. The average molecular weight is 231 g/mol. The highest BCUT2D eigenvalue weighted by Crippen LogP contribution is 2.27. The Morgan fingerprint density at radius 3 is 2.18 bits per heavy atom. The number of nitrogens with one attached hydrogen (secondary N) is 1. The smallest absolute Gasteiger partial charge is 0.0405 e. The predicted octanol–water partition coefficient (Wildman–Crippen LogP) is 4.41. The molecule has 0 unspecified atom stereocenters. The Morgan fingerprint density at radius 2 is 1.65 bits per heavy atom. The summed E-state index contributed by atoms with van der Waals surface area (Å²) in [5.41, 5.74) is 4.37. The molecular weight excluding hydrogens is 206 g/mol. The number of anilines is 1. The van der Waals surface area contributed by atoms with Crippen LogP contribution >= 0.6 is 0 Å². The van der Waals surface area contributed by atoms with Crippen molar-refractivity contribution in [2.75, 3.05) is 11.9 Å². The van der Waals surface area contributed by atoms with Crippen LogP contribution in [-0.2, 0) is 12.8 Å². The summed E-state index contributed by atoms with van der Waals surface area (Å²) in [6.45, 7) is 5.66. The minimum Gasteiger partial charge on any atom is -0.384 e. The maximum Gasteiger partial charge on any atom is 0.0405 e. The lowest BCUT2D eigenvalue weighted by Crippen LogP contribution is -2.13. The number of aryl methyl sites for hydroxylation is 2. The lowest BCUT2D eigenvalue weighted by Gasteiger charge is -2.18. The molecule has 0 radical (unpaired) electrons. The lowest BCUT2D eigenvalue weighted by molar-refractivity contribution is 0.579. The number of benzene rings is 1. The van der Waals surface area contributed by atoms with E-state index < -0.39 is 0 Å². The van der Waals surface area contributed by atoms with Crippen molar-refractivity contribution in [1.29, 1.82) is 0 Å². The second-order valence-electron chi connectivity index (χ2n) is 5.19. The summed E-state index contributed by atoms with van der Waals surface area (Å²) in [4.78, 5) is 0. The summed E-state index contributed by atoms with van der Waals surface area (Å²) in [5, 5.41) is 3.73. The van der Waals surface area contributed by atoms with E-state index in [1.165, 1.54) is 49.0 Å². The van der Waals surface area contributed by atoms with Crippen LogP contribution in [0.15, 0.2) is 18.2 Å². The molecule has 2 rings (SSSR count). The van der Waals surface area contributed by atoms with Crippen molar-refractivity contribution in [3.8, 4) is 0 Å². The number of para-hydroxylation sites is 1. The van der Waals surface area contributed by atoms with Crippen molar-refractivity contribution in [2.45, 2.75) is 52.4 Å². The fourth-order valence-electron chi connectivity index (χ4n) is 2.93. The minimum absolute atomic E-state index is 0.907. The molecule has 0 heterocycles. The van der Waals surface area contributed by atoms with Crippen LogP contribution in [0.4, 0.5) is 5.69 Å². The van der Waals surface area contributed by atoms with Gasteiger partial charge in [-0.3, -0.25) is 0 Å². The van der Waals surface area contributed by atoms with Crippen molar-refractivity contribution in [3.05, 3.63) is 29.3 Å². The summed E-state index contributed by atoms with van der Waals surface area (Å²) in [7, 11) is 0. The minimum atomic E-state index is 0.907. The first-order valence-corrected chi connectivity index (χ1v) is 7.19. The summed E-state index contributed by atoms with van der Waals surface area (Å²) in [5.74, 6) is 0.907. The molecule has 1 heteroatoms. The molecule has 0 amide bonds. The highest BCUT2D eigenvalue weighted by atomic mass is 14.9. The Bertz CT molecular complexity index is 328. The van der Waals surface area contributed by atoms with Crippen molar-refractivity contribution < 1.29 is 0 Å². The van der Waals surface area contributed by atoms with E-state index in [2.05, 4.69) is 37.4 Å². The first-order valence-electron chi connectivity index (χ1n) is 7.19. The Balaban J connectivity index is 2.06. The topological polar surface area (TPSA) is 12.0 Å². The zero-order valence-corrected chi connectivity index (χ0v) is 11.3. The zero-order chi connectivity index (χ0) is 12.1. The van der Waals surface area contributed by atoms with Crippen molar-refractivity contribution in [1.82, 2.24) is 0 Å². The van der Waals surface area contributed by atoms with E-state index in [9.17, 15) is 0 Å². The average Bonchev–Trinajstić information content (AvgIpc) is 2.88. The molecular formula is C16H25N. The monoisotopic (exact) mass is 231 g/mol. The maximum atomic E-state index is 3.73. The highest BCUT2D eigenvalue weighted by molar-refractivity contribution is 5.57. The summed E-state index contributed by atoms with van der Waals surface area (Å²) < 4.78 is 0. The van der Waals surface area contributed by atoms with Crippen LogP contribution in [0.5, 0.6) is 0 Å². The maximum absolute atomic E-state index is 3.73. The van der Waals surface area contributed by atoms with E-state index in [4.69, 9.17) is 0 Å². The van der Waals surface area contributed by atoms with Gasteiger partial charge in [-0.05, 0) is 42.7 Å². The van der Waals surface area contributed by atoms with Crippen LogP contribution in [0.2, 0.25) is 0 Å². The number of rotatable bonds is 5. The molecule has 0 aliphatic heterocycles. The third-order valence-corrected chi connectivity index (χ3v) is 4.04. The normalized spacial score (nSPS) is 16.4. The number of hydrogen-bond acceptors (Lipinski definition) is 1. The molecule has 17 heavy (non-hydrogen) atoms. The molecule has 1 saturated carbocycles. The highest BCUT2D eigenvalue weighted by Gasteiger charge is 2.15. The van der Waals surface area contributed by atoms with Crippen LogP contribution in [0.1, 0.15) is 50.7 Å². The van der Waals surface area contributed by atoms with E-state index in [0.717, 1.165) is 18.8 Å². The van der Waals surface area contributed by atoms with Gasteiger partial charge in [-0.1, -0.05) is 44.9 Å². The zero-order valence-electron chi connectivity index (χ0n) is 11.3. The molecule has 1 aliphatic rings. The van der Waals surface area contributed by atoms with E-state index >= 15 is 0 Å². The van der Waals surface area contributed by atoms with Crippen molar-refractivity contribution >= 4 is 5.69 Å². The lowest BCUT2D eigenvalue weighted by atomic mass is 10.0. The van der Waals surface area contributed by atoms with Gasteiger partial charge in [0.15, 0.2) is 0 Å². The molecule has 94 valence electrons. The molecule has 1 N–H and O–H groups in total. The third-order valence-electron chi connectivity index (χ3n) is 4.04. The van der Waals surface area contributed by atoms with Gasteiger partial charge in [0, 0.05) is 12.2 Å². The Kier molecular flexibility index (Phi) is 4.47. The second-order valence-corrected chi connectivity index (χ2v) is 5.19. The van der Waals surface area contributed by atoms with Gasteiger partial charge in [-0.15, -0.1) is 0 Å². The Labute approximate surface area is 106 Å². The molecule has 0 spiro atoms. The summed E-state index contributed by atoms with van der Waals surface area (Å²) >= 11 is 0. The van der Waals surface area contributed by atoms with Crippen LogP contribution < -0.4 is 5.32 Å². The van der Waals surface area contributed by atoms with Gasteiger partial charge in [0.1, 0.15) is 0 Å². The van der Waals surface area contributed by atoms with Crippen LogP contribution in [0, 0.1) is 5.92 Å². The Hall–Kier alpha value is -0.980. The summed E-state index contributed by atoms with van der Waals surface area (Å²) in [6.07, 6.45) is 7.96. The number of hydrogen-bond donors (Lipinski definition) is 1. The van der Waals surface area contributed by atoms with Gasteiger partial charge < -0.3 is 5.32 Å². The van der Waals surface area contributed by atoms with Gasteiger partial charge in [-0.25, -0.2) is 0 Å². The van der Waals surface area contributed by atoms with Gasteiger partial charge in [0.05, 0.1) is 0 Å². The molecule has 1 nitrogen and oxygen atoms in total. The standard InChI is InChI=1S/C16H25N/c1-3-14-10-7-11-15(4-2)16(14)17-12-13-8-5-6-9-13/h7,10-11,13,17H,3-6,8-9,12H2,1-2H3. The van der Waals surface area contributed by atoms with E-state index in [1.807, 2.05) is 0 Å². The third kappa shape index (κ3) is 3.02. The Morgan fingerprint density at radius 1 is 1.06 bits per heavy atom. The van der Waals surface area contributed by atoms with E-state index in [-0.39, 0.29) is 0 Å². The first kappa shape index (κ1) is 12.5. The van der Waals surface area contributed by atoms with Crippen molar-refractivity contribution in [2.24, 2.45) is 5.92 Å². The molecule has 0 aromatic heterocycles. The molecule has 1 aliphatic carbocycles. The van der Waals surface area contributed by atoms with Crippen LogP contribution in [0.25, 0.3) is 0 Å². The molecule has 1 fully saturated rings. The van der Waals surface area contributed by atoms with Crippen LogP contribution in [-0.4, -0.2) is 6.54 Å². The molecule has 0 atom stereocenters. The van der Waals surface area contributed by atoms with Gasteiger partial charge in [0.2, 0.25) is 0 Å². The predicted molar refractivity (Wildman–Crippen MR) is 75.6 cm³/mol. The van der Waals surface area contributed by atoms with Crippen LogP contribution in [0.3, 0.4) is 0 Å². The van der Waals surface area contributed by atoms with Gasteiger partial charge in [0.25, 0.3) is 0 Å². The fraction of sp³-hybridized carbons (Fsp3) is 0.625. The van der Waals surface area contributed by atoms with E-state index in [1.54, 1.807) is 0 Å². The van der Waals surface area contributed by atoms with Crippen molar-refractivity contribution in [3.63, 3.8) is 0 Å².